The molecule has 0 saturated heterocycles. The Bertz CT molecular complexity index is 653. The number of amides is 3. The van der Waals surface area contributed by atoms with Gasteiger partial charge in [-0.1, -0.05) is 12.1 Å². The van der Waals surface area contributed by atoms with Crippen molar-refractivity contribution in [3.63, 3.8) is 0 Å². The molecule has 0 radical (unpaired) electrons. The number of anilines is 2. The van der Waals surface area contributed by atoms with Crippen molar-refractivity contribution < 1.29 is 14.3 Å². The van der Waals surface area contributed by atoms with Crippen molar-refractivity contribution >= 4 is 23.3 Å². The molecule has 0 saturated carbocycles. The fraction of sp³-hybridized carbons (Fsp3) is 0.0667. The molecule has 108 valence electrons. The summed E-state index contributed by atoms with van der Waals surface area (Å²) >= 11 is 0. The van der Waals surface area contributed by atoms with Gasteiger partial charge in [0, 0.05) is 11.3 Å². The lowest BCUT2D eigenvalue weighted by Gasteiger charge is -2.10. The first kappa shape index (κ1) is 14.4. The van der Waals surface area contributed by atoms with E-state index in [0.29, 0.717) is 22.7 Å². The van der Waals surface area contributed by atoms with E-state index < -0.39 is 6.03 Å². The Hall–Kier alpha value is -3.02. The smallest absolute Gasteiger partial charge is 0.316 e. The van der Waals surface area contributed by atoms with E-state index in [9.17, 15) is 9.59 Å². The summed E-state index contributed by atoms with van der Waals surface area (Å²) in [4.78, 5) is 22.9. The van der Waals surface area contributed by atoms with Crippen LogP contribution in [-0.2, 0) is 0 Å². The zero-order valence-electron chi connectivity index (χ0n) is 11.4. The molecule has 21 heavy (non-hydrogen) atoms. The van der Waals surface area contributed by atoms with Crippen molar-refractivity contribution in [3.8, 4) is 5.75 Å². The quantitative estimate of drug-likeness (QED) is 0.805. The van der Waals surface area contributed by atoms with E-state index in [-0.39, 0.29) is 5.91 Å². The minimum absolute atomic E-state index is 0.273. The Balaban J connectivity index is 2.11. The third kappa shape index (κ3) is 3.73. The van der Waals surface area contributed by atoms with Crippen LogP contribution in [0, 0.1) is 0 Å². The van der Waals surface area contributed by atoms with Gasteiger partial charge in [-0.25, -0.2) is 4.79 Å². The lowest BCUT2D eigenvalue weighted by molar-refractivity contribution is 0.102. The maximum atomic E-state index is 12.1. The van der Waals surface area contributed by atoms with E-state index in [2.05, 4.69) is 10.6 Å². The number of primary amides is 1. The monoisotopic (exact) mass is 285 g/mol. The van der Waals surface area contributed by atoms with Crippen molar-refractivity contribution in [2.75, 3.05) is 17.7 Å². The van der Waals surface area contributed by atoms with E-state index in [4.69, 9.17) is 10.5 Å². The largest absolute Gasteiger partial charge is 0.495 e. The summed E-state index contributed by atoms with van der Waals surface area (Å²) in [6, 6.07) is 12.9. The number of hydrogen-bond donors (Lipinski definition) is 3. The lowest BCUT2D eigenvalue weighted by Crippen LogP contribution is -2.19. The summed E-state index contributed by atoms with van der Waals surface area (Å²) in [5.41, 5.74) is 6.58. The highest BCUT2D eigenvalue weighted by molar-refractivity contribution is 6.05. The molecular formula is C15H15N3O3. The Morgan fingerprint density at radius 1 is 1.00 bits per heavy atom. The number of para-hydroxylation sites is 2. The summed E-state index contributed by atoms with van der Waals surface area (Å²) < 4.78 is 5.17. The average Bonchev–Trinajstić information content (AvgIpc) is 2.48. The summed E-state index contributed by atoms with van der Waals surface area (Å²) in [6.45, 7) is 0. The molecular weight excluding hydrogens is 270 g/mol. The van der Waals surface area contributed by atoms with Gasteiger partial charge >= 0.3 is 6.03 Å². The van der Waals surface area contributed by atoms with Gasteiger partial charge in [-0.15, -0.1) is 0 Å². The fourth-order valence-electron chi connectivity index (χ4n) is 1.79. The van der Waals surface area contributed by atoms with Crippen LogP contribution in [0.25, 0.3) is 0 Å². The van der Waals surface area contributed by atoms with Crippen molar-refractivity contribution in [2.24, 2.45) is 5.73 Å². The van der Waals surface area contributed by atoms with E-state index in [1.165, 1.54) is 7.11 Å². The summed E-state index contributed by atoms with van der Waals surface area (Å²) in [7, 11) is 1.54. The number of carbonyl (C=O) groups is 2. The van der Waals surface area contributed by atoms with E-state index in [1.807, 2.05) is 6.07 Å². The summed E-state index contributed by atoms with van der Waals surface area (Å²) in [6.07, 6.45) is 0. The third-order valence-corrected chi connectivity index (χ3v) is 2.77. The molecule has 0 spiro atoms. The topological polar surface area (TPSA) is 93.4 Å². The number of ether oxygens (including phenoxy) is 1. The predicted octanol–water partition coefficient (Wildman–Crippen LogP) is 2.44. The second-order valence-corrected chi connectivity index (χ2v) is 4.22. The van der Waals surface area contributed by atoms with E-state index in [0.717, 1.165) is 0 Å². The zero-order valence-corrected chi connectivity index (χ0v) is 11.4. The number of methoxy groups -OCH3 is 1. The minimum atomic E-state index is -0.652. The molecule has 0 aliphatic rings. The number of hydrogen-bond acceptors (Lipinski definition) is 3. The SMILES string of the molecule is COc1ccccc1NC(=O)c1ccc(NC(N)=O)cc1. The fourth-order valence-corrected chi connectivity index (χ4v) is 1.79. The molecule has 2 rings (SSSR count). The Kier molecular flexibility index (Phi) is 4.40. The Morgan fingerprint density at radius 3 is 2.29 bits per heavy atom. The number of urea groups is 1. The maximum Gasteiger partial charge on any atom is 0.316 e. The number of carbonyl (C=O) groups excluding carboxylic acids is 2. The minimum Gasteiger partial charge on any atom is -0.495 e. The van der Waals surface area contributed by atoms with Crippen molar-refractivity contribution in [2.45, 2.75) is 0 Å². The molecule has 2 aromatic rings. The molecule has 0 atom stereocenters. The molecule has 0 bridgehead atoms. The summed E-state index contributed by atoms with van der Waals surface area (Å²) in [5.74, 6) is 0.308. The molecule has 2 aromatic carbocycles. The van der Waals surface area contributed by atoms with Gasteiger partial charge in [-0.05, 0) is 36.4 Å². The van der Waals surface area contributed by atoms with Gasteiger partial charge in [0.1, 0.15) is 5.75 Å². The standard InChI is InChI=1S/C15H15N3O3/c1-21-13-5-3-2-4-12(13)18-14(19)10-6-8-11(9-7-10)17-15(16)20/h2-9H,1H3,(H,18,19)(H3,16,17,20). The highest BCUT2D eigenvalue weighted by atomic mass is 16.5. The van der Waals surface area contributed by atoms with Crippen LogP contribution >= 0.6 is 0 Å². The van der Waals surface area contributed by atoms with Gasteiger partial charge < -0.3 is 21.1 Å². The third-order valence-electron chi connectivity index (χ3n) is 2.77. The zero-order chi connectivity index (χ0) is 15.2. The number of nitrogens with one attached hydrogen (secondary N) is 2. The first-order valence-electron chi connectivity index (χ1n) is 6.21. The van der Waals surface area contributed by atoms with Gasteiger partial charge in [0.05, 0.1) is 12.8 Å². The predicted molar refractivity (Wildman–Crippen MR) is 80.6 cm³/mol. The van der Waals surface area contributed by atoms with Gasteiger partial charge in [-0.3, -0.25) is 4.79 Å². The van der Waals surface area contributed by atoms with Crippen LogP contribution in [0.3, 0.4) is 0 Å². The van der Waals surface area contributed by atoms with Crippen LogP contribution in [0.4, 0.5) is 16.2 Å². The van der Waals surface area contributed by atoms with Gasteiger partial charge in [0.2, 0.25) is 0 Å². The Morgan fingerprint density at radius 2 is 1.67 bits per heavy atom. The molecule has 0 aliphatic heterocycles. The lowest BCUT2D eigenvalue weighted by atomic mass is 10.2. The normalized spacial score (nSPS) is 9.76. The molecule has 6 heteroatoms. The van der Waals surface area contributed by atoms with Crippen LogP contribution < -0.4 is 21.1 Å². The molecule has 0 heterocycles. The summed E-state index contributed by atoms with van der Waals surface area (Å²) in [5, 5.41) is 5.19. The maximum absolute atomic E-state index is 12.1. The van der Waals surface area contributed by atoms with Crippen LogP contribution in [0.1, 0.15) is 10.4 Å². The van der Waals surface area contributed by atoms with Crippen LogP contribution in [-0.4, -0.2) is 19.0 Å². The second-order valence-electron chi connectivity index (χ2n) is 4.22. The molecule has 0 aromatic heterocycles. The van der Waals surface area contributed by atoms with Gasteiger partial charge in [0.25, 0.3) is 5.91 Å². The van der Waals surface area contributed by atoms with Crippen LogP contribution in [0.5, 0.6) is 5.75 Å². The van der Waals surface area contributed by atoms with E-state index >= 15 is 0 Å². The first-order chi connectivity index (χ1) is 10.1. The molecule has 0 aliphatic carbocycles. The van der Waals surface area contributed by atoms with Crippen LogP contribution in [0.2, 0.25) is 0 Å². The average molecular weight is 285 g/mol. The van der Waals surface area contributed by atoms with E-state index in [1.54, 1.807) is 42.5 Å². The van der Waals surface area contributed by atoms with Crippen molar-refractivity contribution in [1.29, 1.82) is 0 Å². The number of rotatable bonds is 4. The molecule has 4 N–H and O–H groups in total. The van der Waals surface area contributed by atoms with Gasteiger partial charge in [0.15, 0.2) is 0 Å². The molecule has 3 amide bonds. The number of nitrogens with two attached hydrogens (primary N) is 1. The highest BCUT2D eigenvalue weighted by Gasteiger charge is 2.09. The van der Waals surface area contributed by atoms with Crippen molar-refractivity contribution in [1.82, 2.24) is 0 Å². The second kappa shape index (κ2) is 6.42. The highest BCUT2D eigenvalue weighted by Crippen LogP contribution is 2.23. The number of benzene rings is 2. The molecule has 6 nitrogen and oxygen atoms in total. The first-order valence-corrected chi connectivity index (χ1v) is 6.21. The van der Waals surface area contributed by atoms with Crippen molar-refractivity contribution in [3.05, 3.63) is 54.1 Å². The van der Waals surface area contributed by atoms with Gasteiger partial charge in [-0.2, -0.15) is 0 Å². The molecule has 0 unspecified atom stereocenters. The molecule has 0 fully saturated rings. The Labute approximate surface area is 121 Å². The van der Waals surface area contributed by atoms with Crippen LogP contribution in [0.15, 0.2) is 48.5 Å².